The highest BCUT2D eigenvalue weighted by atomic mass is 15.2. The van der Waals surface area contributed by atoms with Crippen LogP contribution in [0, 0.1) is 41.5 Å². The number of nitrogens with zero attached hydrogens (tertiary/aromatic N) is 2. The van der Waals surface area contributed by atoms with Crippen LogP contribution in [0.2, 0.25) is 0 Å². The highest BCUT2D eigenvalue weighted by molar-refractivity contribution is 6.03. The molecule has 0 atom stereocenters. The first-order chi connectivity index (χ1) is 30.4. The molecule has 0 bridgehead atoms. The predicted octanol–water partition coefficient (Wildman–Crippen LogP) is 17.8. The van der Waals surface area contributed by atoms with Crippen LogP contribution in [0.25, 0.3) is 32.7 Å². The molecule has 2 nitrogen and oxygen atoms in total. The van der Waals surface area contributed by atoms with Crippen LogP contribution in [0.1, 0.15) is 109 Å². The highest BCUT2D eigenvalue weighted by Crippen LogP contribution is 2.54. The second kappa shape index (κ2) is 16.9. The molecule has 0 heterocycles. The maximum absolute atomic E-state index is 2.56. The van der Waals surface area contributed by atoms with E-state index in [-0.39, 0.29) is 5.41 Å². The van der Waals surface area contributed by atoms with Gasteiger partial charge in [0.25, 0.3) is 0 Å². The molecule has 63 heavy (non-hydrogen) atoms. The van der Waals surface area contributed by atoms with Crippen molar-refractivity contribution in [1.29, 1.82) is 0 Å². The molecule has 0 spiro atoms. The first kappa shape index (κ1) is 42.2. The summed E-state index contributed by atoms with van der Waals surface area (Å²) in [5, 5.41) is 5.13. The number of benzene rings is 8. The van der Waals surface area contributed by atoms with Gasteiger partial charge in [0.1, 0.15) is 0 Å². The lowest BCUT2D eigenvalue weighted by molar-refractivity contribution is 0.660. The van der Waals surface area contributed by atoms with Gasteiger partial charge in [0.2, 0.25) is 0 Å². The molecule has 0 saturated carbocycles. The average Bonchev–Trinajstić information content (AvgIpc) is 3.50. The Morgan fingerprint density at radius 1 is 0.397 bits per heavy atom. The van der Waals surface area contributed by atoms with E-state index in [1.165, 1.54) is 148 Å². The van der Waals surface area contributed by atoms with Crippen molar-refractivity contribution in [1.82, 2.24) is 0 Å². The minimum Gasteiger partial charge on any atom is -0.309 e. The number of unbranched alkanes of at least 4 members (excludes halogenated alkanes) is 2. The zero-order chi connectivity index (χ0) is 44.2. The molecule has 0 saturated heterocycles. The summed E-state index contributed by atoms with van der Waals surface area (Å²) in [6, 6.07) is 51.4. The van der Waals surface area contributed by atoms with Crippen LogP contribution in [0.4, 0.5) is 34.1 Å². The monoisotopic (exact) mass is 825 g/mol. The molecule has 8 aromatic carbocycles. The van der Waals surface area contributed by atoms with Crippen molar-refractivity contribution in [3.8, 4) is 11.1 Å². The van der Waals surface area contributed by atoms with Gasteiger partial charge in [-0.1, -0.05) is 138 Å². The van der Waals surface area contributed by atoms with Crippen LogP contribution < -0.4 is 9.80 Å². The van der Waals surface area contributed by atoms with E-state index in [1.54, 1.807) is 0 Å². The van der Waals surface area contributed by atoms with E-state index >= 15 is 0 Å². The lowest BCUT2D eigenvalue weighted by Crippen LogP contribution is -2.19. The van der Waals surface area contributed by atoms with Gasteiger partial charge in [-0.3, -0.25) is 0 Å². The van der Waals surface area contributed by atoms with Crippen molar-refractivity contribution in [3.63, 3.8) is 0 Å². The third kappa shape index (κ3) is 7.42. The van der Waals surface area contributed by atoms with Gasteiger partial charge in [-0.15, -0.1) is 0 Å². The molecule has 0 amide bonds. The second-order valence-electron chi connectivity index (χ2n) is 19.0. The summed E-state index contributed by atoms with van der Waals surface area (Å²) in [5.41, 5.74) is 23.2. The molecule has 0 aromatic heterocycles. The normalized spacial score (nSPS) is 12.8. The van der Waals surface area contributed by atoms with Crippen LogP contribution in [0.5, 0.6) is 0 Å². The topological polar surface area (TPSA) is 6.48 Å². The minimum atomic E-state index is -0.249. The van der Waals surface area contributed by atoms with E-state index in [0.717, 1.165) is 12.8 Å². The van der Waals surface area contributed by atoms with E-state index in [0.29, 0.717) is 0 Å². The van der Waals surface area contributed by atoms with Crippen molar-refractivity contribution in [2.24, 2.45) is 0 Å². The summed E-state index contributed by atoms with van der Waals surface area (Å²) >= 11 is 0. The lowest BCUT2D eigenvalue weighted by atomic mass is 9.82. The largest absolute Gasteiger partial charge is 0.309 e. The molecule has 8 aromatic rings. The molecular formula is C61H64N2. The van der Waals surface area contributed by atoms with Gasteiger partial charge < -0.3 is 9.80 Å². The third-order valence-corrected chi connectivity index (χ3v) is 14.1. The smallest absolute Gasteiger partial charge is 0.0540 e. The molecule has 1 aliphatic carbocycles. The Bertz CT molecular complexity index is 2790. The Morgan fingerprint density at radius 2 is 0.762 bits per heavy atom. The molecular weight excluding hydrogens is 761 g/mol. The summed E-state index contributed by atoms with van der Waals surface area (Å²) in [6.45, 7) is 23.1. The zero-order valence-electron chi connectivity index (χ0n) is 39.3. The summed E-state index contributed by atoms with van der Waals surface area (Å²) in [5.74, 6) is 0. The second-order valence-corrected chi connectivity index (χ2v) is 19.0. The van der Waals surface area contributed by atoms with Gasteiger partial charge in [-0.25, -0.2) is 0 Å². The van der Waals surface area contributed by atoms with Gasteiger partial charge in [-0.2, -0.15) is 0 Å². The SMILES string of the molecule is CCCCc1cc(C)c(N(c2ccc3c(c2)C(C)(C)c2cc(N(c4c(C)cc(CCCC)cc4C)c4ccc(C)c5ccccc45)ccc2-3)c2ccc(C)c3ccccc23)c(C)c1. The third-order valence-electron chi connectivity index (χ3n) is 14.1. The van der Waals surface area contributed by atoms with Gasteiger partial charge >= 0.3 is 0 Å². The van der Waals surface area contributed by atoms with Crippen molar-refractivity contribution in [3.05, 3.63) is 189 Å². The zero-order valence-corrected chi connectivity index (χ0v) is 39.3. The fourth-order valence-corrected chi connectivity index (χ4v) is 10.9. The molecule has 0 aliphatic heterocycles. The van der Waals surface area contributed by atoms with E-state index in [9.17, 15) is 0 Å². The standard InChI is InChI=1S/C61H64N2/c1-11-13-19-45-33-41(5)59(42(6)34-45)62(57-31-25-39(3)49-21-15-17-23-53(49)57)47-27-29-51-52-30-28-48(38-56(52)61(9,10)55(51)37-47)63(58-32-26-40(4)50-22-16-18-24-54(50)58)60-43(7)35-46(20-14-12-2)36-44(60)8/h15-18,21-38H,11-14,19-20H2,1-10H3. The number of hydrogen-bond acceptors (Lipinski definition) is 2. The first-order valence-corrected chi connectivity index (χ1v) is 23.5. The lowest BCUT2D eigenvalue weighted by Gasteiger charge is -2.32. The minimum absolute atomic E-state index is 0.249. The van der Waals surface area contributed by atoms with Crippen molar-refractivity contribution >= 4 is 55.7 Å². The van der Waals surface area contributed by atoms with Gasteiger partial charge in [0, 0.05) is 27.6 Å². The summed E-state index contributed by atoms with van der Waals surface area (Å²) < 4.78 is 0. The summed E-state index contributed by atoms with van der Waals surface area (Å²) in [4.78, 5) is 5.11. The Balaban J connectivity index is 1.21. The number of fused-ring (bicyclic) bond motifs is 5. The quantitative estimate of drug-likeness (QED) is 0.121. The number of anilines is 6. The maximum atomic E-state index is 2.56. The first-order valence-electron chi connectivity index (χ1n) is 23.5. The molecule has 2 heteroatoms. The summed E-state index contributed by atoms with van der Waals surface area (Å²) in [7, 11) is 0. The fourth-order valence-electron chi connectivity index (χ4n) is 10.9. The van der Waals surface area contributed by atoms with Crippen molar-refractivity contribution < 1.29 is 0 Å². The van der Waals surface area contributed by atoms with Crippen LogP contribution in [-0.4, -0.2) is 0 Å². The fraction of sp³-hybridized carbons (Fsp3) is 0.279. The Labute approximate surface area is 377 Å². The molecule has 0 unspecified atom stereocenters. The Morgan fingerprint density at radius 3 is 1.13 bits per heavy atom. The Kier molecular flexibility index (Phi) is 11.3. The number of hydrogen-bond donors (Lipinski definition) is 0. The van der Waals surface area contributed by atoms with Gasteiger partial charge in [0.15, 0.2) is 0 Å². The van der Waals surface area contributed by atoms with Gasteiger partial charge in [0.05, 0.1) is 22.7 Å². The van der Waals surface area contributed by atoms with Crippen molar-refractivity contribution in [2.45, 2.75) is 113 Å². The molecule has 318 valence electrons. The predicted molar refractivity (Wildman–Crippen MR) is 274 cm³/mol. The van der Waals surface area contributed by atoms with E-state index < -0.39 is 0 Å². The van der Waals surface area contributed by atoms with Crippen LogP contribution in [0.3, 0.4) is 0 Å². The van der Waals surface area contributed by atoms with E-state index in [4.69, 9.17) is 0 Å². The molecule has 1 aliphatic rings. The van der Waals surface area contributed by atoms with Crippen molar-refractivity contribution in [2.75, 3.05) is 9.80 Å². The van der Waals surface area contributed by atoms with E-state index in [2.05, 4.69) is 212 Å². The van der Waals surface area contributed by atoms with Crippen LogP contribution >= 0.6 is 0 Å². The van der Waals surface area contributed by atoms with E-state index in [1.807, 2.05) is 0 Å². The Hall–Kier alpha value is -6.12. The van der Waals surface area contributed by atoms with Crippen LogP contribution in [0.15, 0.2) is 133 Å². The molecule has 9 rings (SSSR count). The summed E-state index contributed by atoms with van der Waals surface area (Å²) in [6.07, 6.45) is 7.03. The van der Waals surface area contributed by atoms with Gasteiger partial charge in [-0.05, 0) is 181 Å². The van der Waals surface area contributed by atoms with Crippen LogP contribution in [-0.2, 0) is 18.3 Å². The maximum Gasteiger partial charge on any atom is 0.0540 e. The number of rotatable bonds is 12. The average molecular weight is 825 g/mol. The molecule has 0 N–H and O–H groups in total. The molecule has 0 fully saturated rings. The number of aryl methyl sites for hydroxylation is 8. The molecule has 0 radical (unpaired) electrons. The highest BCUT2D eigenvalue weighted by Gasteiger charge is 2.37.